The molecule has 174 valence electrons. The Labute approximate surface area is 196 Å². The lowest BCUT2D eigenvalue weighted by atomic mass is 9.93. The van der Waals surface area contributed by atoms with E-state index in [-0.39, 0.29) is 16.9 Å². The summed E-state index contributed by atoms with van der Waals surface area (Å²) in [7, 11) is 0. The fraction of sp³-hybridized carbons (Fsp3) is 0.222. The summed E-state index contributed by atoms with van der Waals surface area (Å²) < 4.78 is 28.2. The lowest BCUT2D eigenvalue weighted by molar-refractivity contribution is 0.0347. The standard InChI is InChI=1S/C27H25F2N3O2/c1-27(2,34)24(15-20-6-3-4-13-30-20)32-26(33)21-7-5-8-22(29)25(21)23-14-18(16-31-23)17-9-11-19(28)12-10-17/h3-14,24,34H,15-16H2,1-2H3,(H,32,33)/t24-/m1/s1. The van der Waals surface area contributed by atoms with Crippen LogP contribution in [0.2, 0.25) is 0 Å². The molecule has 1 aliphatic heterocycles. The van der Waals surface area contributed by atoms with Crippen molar-refractivity contribution in [3.63, 3.8) is 0 Å². The predicted molar refractivity (Wildman–Crippen MR) is 128 cm³/mol. The van der Waals surface area contributed by atoms with Crippen molar-refractivity contribution < 1.29 is 18.7 Å². The van der Waals surface area contributed by atoms with E-state index in [1.165, 1.54) is 30.3 Å². The van der Waals surface area contributed by atoms with Crippen molar-refractivity contribution in [1.29, 1.82) is 0 Å². The quantitative estimate of drug-likeness (QED) is 0.549. The van der Waals surface area contributed by atoms with Crippen LogP contribution in [-0.2, 0) is 6.42 Å². The molecule has 0 saturated heterocycles. The largest absolute Gasteiger partial charge is 0.388 e. The van der Waals surface area contributed by atoms with Crippen LogP contribution in [0.15, 0.2) is 77.9 Å². The third-order valence-corrected chi connectivity index (χ3v) is 5.76. The third-order valence-electron chi connectivity index (χ3n) is 5.76. The molecule has 1 amide bonds. The lowest BCUT2D eigenvalue weighted by Crippen LogP contribution is -2.50. The highest BCUT2D eigenvalue weighted by Gasteiger charge is 2.31. The van der Waals surface area contributed by atoms with E-state index in [4.69, 9.17) is 0 Å². The predicted octanol–water partition coefficient (Wildman–Crippen LogP) is 4.36. The van der Waals surface area contributed by atoms with Crippen LogP contribution in [0.4, 0.5) is 8.78 Å². The van der Waals surface area contributed by atoms with Gasteiger partial charge in [0.2, 0.25) is 0 Å². The minimum absolute atomic E-state index is 0.0874. The van der Waals surface area contributed by atoms with Crippen molar-refractivity contribution in [3.8, 4) is 0 Å². The molecule has 0 unspecified atom stereocenters. The van der Waals surface area contributed by atoms with Gasteiger partial charge in [0, 0.05) is 23.9 Å². The van der Waals surface area contributed by atoms with Crippen molar-refractivity contribution in [1.82, 2.24) is 10.3 Å². The molecule has 3 aromatic rings. The number of carbonyl (C=O) groups excluding carboxylic acids is 1. The number of carbonyl (C=O) groups is 1. The van der Waals surface area contributed by atoms with Gasteiger partial charge in [0.05, 0.1) is 29.5 Å². The number of benzene rings is 2. The van der Waals surface area contributed by atoms with Crippen LogP contribution in [-0.4, -0.2) is 39.9 Å². The fourth-order valence-corrected chi connectivity index (χ4v) is 3.83. The smallest absolute Gasteiger partial charge is 0.252 e. The number of allylic oxidation sites excluding steroid dienone is 1. The van der Waals surface area contributed by atoms with Crippen LogP contribution in [0.3, 0.4) is 0 Å². The number of halogens is 2. The van der Waals surface area contributed by atoms with E-state index < -0.39 is 23.4 Å². The number of aromatic nitrogens is 1. The first-order valence-corrected chi connectivity index (χ1v) is 11.0. The van der Waals surface area contributed by atoms with Gasteiger partial charge in [-0.05, 0) is 67.5 Å². The van der Waals surface area contributed by atoms with Crippen molar-refractivity contribution in [2.24, 2.45) is 4.99 Å². The van der Waals surface area contributed by atoms with Gasteiger partial charge in [-0.2, -0.15) is 0 Å². The van der Waals surface area contributed by atoms with Gasteiger partial charge >= 0.3 is 0 Å². The van der Waals surface area contributed by atoms with Gasteiger partial charge in [-0.25, -0.2) is 8.78 Å². The molecule has 0 radical (unpaired) electrons. The lowest BCUT2D eigenvalue weighted by Gasteiger charge is -2.30. The molecule has 2 heterocycles. The first kappa shape index (κ1) is 23.4. The second-order valence-corrected chi connectivity index (χ2v) is 8.75. The van der Waals surface area contributed by atoms with Crippen molar-refractivity contribution >= 4 is 17.2 Å². The SMILES string of the molecule is CC(C)(O)[C@@H](Cc1ccccn1)NC(=O)c1cccc(F)c1C1=NCC(c2ccc(F)cc2)=C1. The van der Waals surface area contributed by atoms with Gasteiger partial charge in [-0.15, -0.1) is 0 Å². The number of nitrogens with zero attached hydrogens (tertiary/aromatic N) is 2. The van der Waals surface area contributed by atoms with Crippen LogP contribution >= 0.6 is 0 Å². The summed E-state index contributed by atoms with van der Waals surface area (Å²) in [5, 5.41) is 13.5. The summed E-state index contributed by atoms with van der Waals surface area (Å²) in [4.78, 5) is 22.0. The van der Waals surface area contributed by atoms with E-state index >= 15 is 0 Å². The van der Waals surface area contributed by atoms with Gasteiger partial charge in [0.1, 0.15) is 11.6 Å². The summed E-state index contributed by atoms with van der Waals surface area (Å²) in [5.41, 5.74) is 1.58. The zero-order valence-corrected chi connectivity index (χ0v) is 18.9. The highest BCUT2D eigenvalue weighted by molar-refractivity contribution is 6.19. The number of rotatable bonds is 7. The van der Waals surface area contributed by atoms with E-state index in [9.17, 15) is 18.7 Å². The number of aliphatic hydroxyl groups is 1. The molecule has 2 N–H and O–H groups in total. The van der Waals surface area contributed by atoms with E-state index in [2.05, 4.69) is 15.3 Å². The first-order valence-electron chi connectivity index (χ1n) is 11.0. The van der Waals surface area contributed by atoms with E-state index in [1.54, 1.807) is 44.3 Å². The van der Waals surface area contributed by atoms with E-state index in [0.717, 1.165) is 11.1 Å². The van der Waals surface area contributed by atoms with Gasteiger partial charge in [0.25, 0.3) is 5.91 Å². The molecule has 2 aromatic carbocycles. The molecule has 0 spiro atoms. The normalized spacial score (nSPS) is 14.4. The summed E-state index contributed by atoms with van der Waals surface area (Å²) in [6.07, 6.45) is 3.66. The maximum atomic E-state index is 15.0. The molecule has 1 aliphatic rings. The van der Waals surface area contributed by atoms with Crippen LogP contribution in [0.1, 0.15) is 41.0 Å². The average molecular weight is 462 g/mol. The molecule has 5 nitrogen and oxygen atoms in total. The Morgan fingerprint density at radius 1 is 1.09 bits per heavy atom. The van der Waals surface area contributed by atoms with Gasteiger partial charge < -0.3 is 10.4 Å². The number of amides is 1. The Morgan fingerprint density at radius 3 is 2.53 bits per heavy atom. The van der Waals surface area contributed by atoms with Crippen LogP contribution in [0.5, 0.6) is 0 Å². The number of hydrogen-bond donors (Lipinski definition) is 2. The molecule has 1 atom stereocenters. The number of aliphatic imine (C=N–C) groups is 1. The summed E-state index contributed by atoms with van der Waals surface area (Å²) in [5.74, 6) is -1.44. The van der Waals surface area contributed by atoms with E-state index in [1.807, 2.05) is 12.1 Å². The highest BCUT2D eigenvalue weighted by Crippen LogP contribution is 2.25. The Kier molecular flexibility index (Phi) is 6.65. The molecule has 0 aliphatic carbocycles. The molecular weight excluding hydrogens is 436 g/mol. The molecule has 0 fully saturated rings. The van der Waals surface area contributed by atoms with Crippen LogP contribution in [0.25, 0.3) is 5.57 Å². The van der Waals surface area contributed by atoms with Crippen molar-refractivity contribution in [3.05, 3.63) is 107 Å². The Bertz CT molecular complexity index is 1250. The van der Waals surface area contributed by atoms with E-state index in [0.29, 0.717) is 24.4 Å². The molecule has 7 heteroatoms. The summed E-state index contributed by atoms with van der Waals surface area (Å²) in [6, 6.07) is 15.0. The van der Waals surface area contributed by atoms with Gasteiger partial charge in [0.15, 0.2) is 0 Å². The molecule has 0 saturated carbocycles. The molecule has 34 heavy (non-hydrogen) atoms. The second kappa shape index (κ2) is 9.65. The van der Waals surface area contributed by atoms with Crippen LogP contribution in [0, 0.1) is 11.6 Å². The first-order chi connectivity index (χ1) is 16.2. The van der Waals surface area contributed by atoms with Crippen LogP contribution < -0.4 is 5.32 Å². The molecule has 0 bridgehead atoms. The van der Waals surface area contributed by atoms with Crippen molar-refractivity contribution in [2.75, 3.05) is 6.54 Å². The third kappa shape index (κ3) is 5.26. The zero-order valence-electron chi connectivity index (χ0n) is 18.9. The number of pyridine rings is 1. The monoisotopic (exact) mass is 461 g/mol. The van der Waals surface area contributed by atoms with Gasteiger partial charge in [-0.1, -0.05) is 24.3 Å². The minimum atomic E-state index is -1.25. The zero-order chi connectivity index (χ0) is 24.3. The Balaban J connectivity index is 1.62. The maximum Gasteiger partial charge on any atom is 0.252 e. The molecular formula is C27H25F2N3O2. The summed E-state index contributed by atoms with van der Waals surface area (Å²) in [6.45, 7) is 3.50. The second-order valence-electron chi connectivity index (χ2n) is 8.75. The minimum Gasteiger partial charge on any atom is -0.388 e. The topological polar surface area (TPSA) is 74.6 Å². The number of hydrogen-bond acceptors (Lipinski definition) is 4. The Morgan fingerprint density at radius 2 is 1.85 bits per heavy atom. The molecule has 4 rings (SSSR count). The number of nitrogens with one attached hydrogen (secondary N) is 1. The highest BCUT2D eigenvalue weighted by atomic mass is 19.1. The summed E-state index contributed by atoms with van der Waals surface area (Å²) >= 11 is 0. The van der Waals surface area contributed by atoms with Gasteiger partial charge in [-0.3, -0.25) is 14.8 Å². The average Bonchev–Trinajstić information content (AvgIpc) is 3.28. The Hall–Kier alpha value is -3.71. The van der Waals surface area contributed by atoms with Crippen molar-refractivity contribution in [2.45, 2.75) is 31.9 Å². The fourth-order valence-electron chi connectivity index (χ4n) is 3.83. The maximum absolute atomic E-state index is 15.0. The molecule has 1 aromatic heterocycles.